The monoisotopic (exact) mass is 339 g/mol. The summed E-state index contributed by atoms with van der Waals surface area (Å²) < 4.78 is 20.2. The Morgan fingerprint density at radius 3 is 2.32 bits per heavy atom. The highest BCUT2D eigenvalue weighted by Crippen LogP contribution is 2.39. The minimum absolute atomic E-state index is 0.137. The molecule has 2 unspecified atom stereocenters. The summed E-state index contributed by atoms with van der Waals surface area (Å²) in [7, 11) is -0.120. The van der Waals surface area contributed by atoms with Crippen molar-refractivity contribution in [3.63, 3.8) is 0 Å². The van der Waals surface area contributed by atoms with Crippen LogP contribution in [-0.2, 0) is 18.8 Å². The molecular formula is C14H30NO6P. The maximum atomic E-state index is 11.9. The SMILES string of the molecule is CC(C(=O)OCC[N+](C)(C)CCCP(=O)(O)O[O-])C(C)(C)C. The van der Waals surface area contributed by atoms with E-state index in [1.54, 1.807) is 0 Å². The van der Waals surface area contributed by atoms with Crippen LogP contribution in [0.25, 0.3) is 0 Å². The molecule has 0 radical (unpaired) electrons. The van der Waals surface area contributed by atoms with Crippen molar-refractivity contribution < 1.29 is 33.4 Å². The summed E-state index contributed by atoms with van der Waals surface area (Å²) in [5.74, 6) is -0.398. The van der Waals surface area contributed by atoms with E-state index >= 15 is 0 Å². The summed E-state index contributed by atoms with van der Waals surface area (Å²) in [4.78, 5) is 21.0. The molecule has 0 aliphatic carbocycles. The van der Waals surface area contributed by atoms with E-state index < -0.39 is 7.60 Å². The zero-order valence-corrected chi connectivity index (χ0v) is 15.4. The van der Waals surface area contributed by atoms with Crippen LogP contribution in [0.3, 0.4) is 0 Å². The summed E-state index contributed by atoms with van der Waals surface area (Å²) in [5.41, 5.74) is -0.137. The molecular weight excluding hydrogens is 309 g/mol. The van der Waals surface area contributed by atoms with Crippen LogP contribution in [-0.4, -0.2) is 55.3 Å². The van der Waals surface area contributed by atoms with Gasteiger partial charge in [0.15, 0.2) is 0 Å². The molecule has 0 saturated heterocycles. The molecule has 0 amide bonds. The number of nitrogens with zero attached hydrogens (tertiary/aromatic N) is 1. The fourth-order valence-electron chi connectivity index (χ4n) is 1.72. The molecule has 7 nitrogen and oxygen atoms in total. The lowest BCUT2D eigenvalue weighted by Gasteiger charge is -2.31. The van der Waals surface area contributed by atoms with E-state index in [4.69, 9.17) is 9.63 Å². The van der Waals surface area contributed by atoms with Gasteiger partial charge in [0.25, 0.3) is 0 Å². The van der Waals surface area contributed by atoms with Gasteiger partial charge in [0, 0.05) is 6.42 Å². The van der Waals surface area contributed by atoms with Gasteiger partial charge in [0.2, 0.25) is 0 Å². The molecule has 0 heterocycles. The molecule has 0 aromatic heterocycles. The highest BCUT2D eigenvalue weighted by atomic mass is 31.2. The molecule has 0 aliphatic rings. The second-order valence-electron chi connectivity index (χ2n) is 7.43. The van der Waals surface area contributed by atoms with E-state index in [0.29, 0.717) is 30.6 Å². The van der Waals surface area contributed by atoms with Gasteiger partial charge in [-0.25, -0.2) is 0 Å². The van der Waals surface area contributed by atoms with Crippen LogP contribution in [0.4, 0.5) is 0 Å². The first-order valence-corrected chi connectivity index (χ1v) is 9.19. The number of hydrogen-bond acceptors (Lipinski definition) is 5. The maximum absolute atomic E-state index is 11.9. The van der Waals surface area contributed by atoms with Crippen molar-refractivity contribution in [3.8, 4) is 0 Å². The van der Waals surface area contributed by atoms with Gasteiger partial charge in [-0.05, 0) is 5.41 Å². The lowest BCUT2D eigenvalue weighted by Crippen LogP contribution is -2.44. The molecule has 0 saturated carbocycles. The Labute approximate surface area is 133 Å². The van der Waals surface area contributed by atoms with Gasteiger partial charge in [-0.2, -0.15) is 0 Å². The number of rotatable bonds is 9. The van der Waals surface area contributed by atoms with Gasteiger partial charge in [0.1, 0.15) is 13.2 Å². The number of esters is 1. The van der Waals surface area contributed by atoms with Gasteiger partial charge in [0.05, 0.1) is 32.7 Å². The van der Waals surface area contributed by atoms with Crippen molar-refractivity contribution in [2.24, 2.45) is 11.3 Å². The molecule has 0 aromatic rings. The first-order valence-electron chi connectivity index (χ1n) is 7.43. The summed E-state index contributed by atoms with van der Waals surface area (Å²) in [6, 6.07) is 0. The molecule has 0 aliphatic heterocycles. The molecule has 0 rings (SSSR count). The fraction of sp³-hybridized carbons (Fsp3) is 0.929. The third-order valence-electron chi connectivity index (χ3n) is 3.91. The van der Waals surface area contributed by atoms with E-state index in [-0.39, 0.29) is 23.5 Å². The third kappa shape index (κ3) is 8.86. The highest BCUT2D eigenvalue weighted by molar-refractivity contribution is 7.52. The number of carbonyl (C=O) groups is 1. The van der Waals surface area contributed by atoms with Crippen LogP contribution < -0.4 is 5.26 Å². The van der Waals surface area contributed by atoms with Gasteiger partial charge in [-0.1, -0.05) is 27.7 Å². The topological polar surface area (TPSA) is 95.9 Å². The highest BCUT2D eigenvalue weighted by Gasteiger charge is 2.28. The van der Waals surface area contributed by atoms with Crippen molar-refractivity contribution in [1.29, 1.82) is 0 Å². The Kier molecular flexibility index (Phi) is 8.23. The fourth-order valence-corrected chi connectivity index (χ4v) is 2.34. The van der Waals surface area contributed by atoms with Crippen molar-refractivity contribution in [1.82, 2.24) is 0 Å². The van der Waals surface area contributed by atoms with Crippen molar-refractivity contribution in [2.75, 3.05) is 40.0 Å². The predicted molar refractivity (Wildman–Crippen MR) is 81.8 cm³/mol. The number of likely N-dealkylation sites (N-methyl/N-ethyl adjacent to an activating group) is 1. The van der Waals surface area contributed by atoms with E-state index in [0.717, 1.165) is 0 Å². The minimum Gasteiger partial charge on any atom is -0.716 e. The quantitative estimate of drug-likeness (QED) is 0.223. The van der Waals surface area contributed by atoms with Crippen molar-refractivity contribution >= 4 is 13.6 Å². The van der Waals surface area contributed by atoms with E-state index in [1.165, 1.54) is 0 Å². The smallest absolute Gasteiger partial charge is 0.319 e. The average molecular weight is 339 g/mol. The lowest BCUT2D eigenvalue weighted by molar-refractivity contribution is -0.890. The van der Waals surface area contributed by atoms with E-state index in [2.05, 4.69) is 4.67 Å². The Morgan fingerprint density at radius 2 is 1.86 bits per heavy atom. The standard InChI is InChI=1S/C14H30NO6P/c1-12(14(2,3)4)13(16)20-10-9-15(5,6)8-7-11-22(18,19)21-17/h12H,7-11H2,1-6H3,(H-,17,18,19). The van der Waals surface area contributed by atoms with Crippen LogP contribution in [0.15, 0.2) is 0 Å². The second kappa shape index (κ2) is 8.41. The lowest BCUT2D eigenvalue weighted by atomic mass is 9.82. The number of hydrogen-bond donors (Lipinski definition) is 1. The van der Waals surface area contributed by atoms with E-state index in [1.807, 2.05) is 41.8 Å². The summed E-state index contributed by atoms with van der Waals surface area (Å²) >= 11 is 0. The molecule has 0 fully saturated rings. The zero-order valence-electron chi connectivity index (χ0n) is 14.5. The predicted octanol–water partition coefficient (Wildman–Crippen LogP) is 1.16. The van der Waals surface area contributed by atoms with Gasteiger partial charge < -0.3 is 24.0 Å². The molecule has 0 aromatic carbocycles. The minimum atomic E-state index is -3.98. The normalized spacial score (nSPS) is 16.9. The van der Waals surface area contributed by atoms with Crippen molar-refractivity contribution in [2.45, 2.75) is 34.1 Å². The number of quaternary nitrogens is 1. The van der Waals surface area contributed by atoms with Crippen LogP contribution in [0.1, 0.15) is 34.1 Å². The number of ether oxygens (including phenoxy) is 1. The second-order valence-corrected chi connectivity index (χ2v) is 9.30. The van der Waals surface area contributed by atoms with Gasteiger partial charge in [-0.3, -0.25) is 9.36 Å². The maximum Gasteiger partial charge on any atom is 0.319 e. The Hall–Kier alpha value is -0.460. The molecule has 1 N–H and O–H groups in total. The Morgan fingerprint density at radius 1 is 1.32 bits per heavy atom. The summed E-state index contributed by atoms with van der Waals surface area (Å²) in [6.07, 6.45) is 0.217. The first-order chi connectivity index (χ1) is 9.81. The van der Waals surface area contributed by atoms with Crippen molar-refractivity contribution in [3.05, 3.63) is 0 Å². The zero-order chi connectivity index (χ0) is 17.6. The molecule has 0 spiro atoms. The van der Waals surface area contributed by atoms with E-state index in [9.17, 15) is 14.6 Å². The Balaban J connectivity index is 4.13. The number of carbonyl (C=O) groups excluding carboxylic acids is 1. The third-order valence-corrected chi connectivity index (χ3v) is 5.03. The van der Waals surface area contributed by atoms with Gasteiger partial charge >= 0.3 is 13.6 Å². The van der Waals surface area contributed by atoms with Crippen LogP contribution >= 0.6 is 7.60 Å². The van der Waals surface area contributed by atoms with Gasteiger partial charge in [-0.15, -0.1) is 0 Å². The molecule has 0 bridgehead atoms. The van der Waals surface area contributed by atoms with Crippen LogP contribution in [0.2, 0.25) is 0 Å². The molecule has 132 valence electrons. The Bertz CT molecular complexity index is 405. The summed E-state index contributed by atoms with van der Waals surface area (Å²) in [6.45, 7) is 9.29. The molecule has 22 heavy (non-hydrogen) atoms. The first kappa shape index (κ1) is 21.5. The summed E-state index contributed by atoms with van der Waals surface area (Å²) in [5, 5.41) is 10.0. The van der Waals surface area contributed by atoms with Crippen LogP contribution in [0.5, 0.6) is 0 Å². The average Bonchev–Trinajstić information content (AvgIpc) is 2.35. The molecule has 2 atom stereocenters. The largest absolute Gasteiger partial charge is 0.716 e. The molecule has 8 heteroatoms. The van der Waals surface area contributed by atoms with Crippen LogP contribution in [0, 0.1) is 11.3 Å².